The highest BCUT2D eigenvalue weighted by molar-refractivity contribution is 6.30. The van der Waals surface area contributed by atoms with Crippen LogP contribution in [0.3, 0.4) is 0 Å². The van der Waals surface area contributed by atoms with Crippen LogP contribution in [0.15, 0.2) is 54.9 Å². The summed E-state index contributed by atoms with van der Waals surface area (Å²) in [5, 5.41) is 16.2. The molecule has 140 valence electrons. The number of hydrogen-bond acceptors (Lipinski definition) is 4. The van der Waals surface area contributed by atoms with Crippen LogP contribution in [-0.4, -0.2) is 33.0 Å². The monoisotopic (exact) mass is 386 g/mol. The van der Waals surface area contributed by atoms with E-state index < -0.39 is 5.60 Å². The lowest BCUT2D eigenvalue weighted by Crippen LogP contribution is -2.43. The molecule has 1 aliphatic rings. The van der Waals surface area contributed by atoms with Crippen molar-refractivity contribution >= 4 is 17.5 Å². The summed E-state index contributed by atoms with van der Waals surface area (Å²) in [5.41, 5.74) is 0.917. The van der Waals surface area contributed by atoms with Gasteiger partial charge in [-0.2, -0.15) is 0 Å². The summed E-state index contributed by atoms with van der Waals surface area (Å²) < 4.78 is 14.9. The molecular weight excluding hydrogens is 367 g/mol. The Hall–Kier alpha value is -2.44. The zero-order valence-electron chi connectivity index (χ0n) is 14.7. The lowest BCUT2D eigenvalue weighted by Gasteiger charge is -2.38. The third-order valence-electron chi connectivity index (χ3n) is 5.04. The van der Waals surface area contributed by atoms with E-state index in [0.29, 0.717) is 43.4 Å². The van der Waals surface area contributed by atoms with Crippen molar-refractivity contribution in [3.8, 4) is 0 Å². The molecule has 1 saturated heterocycles. The van der Waals surface area contributed by atoms with E-state index in [2.05, 4.69) is 15.0 Å². The first kappa shape index (κ1) is 17.9. The molecule has 7 heteroatoms. The summed E-state index contributed by atoms with van der Waals surface area (Å²) in [7, 11) is 0. The number of aliphatic hydroxyl groups is 1. The minimum atomic E-state index is -0.934. The van der Waals surface area contributed by atoms with Crippen molar-refractivity contribution in [2.45, 2.75) is 25.0 Å². The van der Waals surface area contributed by atoms with Gasteiger partial charge in [-0.25, -0.2) is 14.1 Å². The molecule has 3 aromatic rings. The van der Waals surface area contributed by atoms with Gasteiger partial charge in [0.25, 0.3) is 0 Å². The van der Waals surface area contributed by atoms with E-state index in [-0.39, 0.29) is 5.82 Å². The van der Waals surface area contributed by atoms with Gasteiger partial charge in [0.1, 0.15) is 12.1 Å². The third-order valence-corrected chi connectivity index (χ3v) is 5.29. The average Bonchev–Trinajstić information content (AvgIpc) is 3.13. The molecular formula is C20H20ClFN4O. The Morgan fingerprint density at radius 2 is 1.70 bits per heavy atom. The number of anilines is 1. The predicted octanol–water partition coefficient (Wildman–Crippen LogP) is 3.61. The molecule has 1 aromatic heterocycles. The highest BCUT2D eigenvalue weighted by atomic mass is 35.5. The zero-order valence-corrected chi connectivity index (χ0v) is 15.5. The first-order valence-corrected chi connectivity index (χ1v) is 9.27. The molecule has 2 heterocycles. The summed E-state index contributed by atoms with van der Waals surface area (Å²) in [5.74, 6) is 0.361. The van der Waals surface area contributed by atoms with E-state index in [0.717, 1.165) is 11.1 Å². The molecule has 0 atom stereocenters. The molecule has 0 unspecified atom stereocenters. The molecule has 1 N–H and O–H groups in total. The normalized spacial score (nSPS) is 16.5. The van der Waals surface area contributed by atoms with Gasteiger partial charge in [-0.1, -0.05) is 35.9 Å². The Kier molecular flexibility index (Phi) is 4.85. The molecule has 0 amide bonds. The van der Waals surface area contributed by atoms with Crippen molar-refractivity contribution in [2.75, 3.05) is 18.0 Å². The number of rotatable bonds is 4. The van der Waals surface area contributed by atoms with E-state index in [1.807, 2.05) is 24.3 Å². The van der Waals surface area contributed by atoms with E-state index in [1.165, 1.54) is 12.1 Å². The van der Waals surface area contributed by atoms with Crippen LogP contribution in [0.2, 0.25) is 5.02 Å². The van der Waals surface area contributed by atoms with E-state index in [1.54, 1.807) is 23.1 Å². The molecule has 1 aliphatic heterocycles. The van der Waals surface area contributed by atoms with Gasteiger partial charge in [0.2, 0.25) is 5.95 Å². The second kappa shape index (κ2) is 7.29. The fraction of sp³-hybridized carbons (Fsp3) is 0.300. The summed E-state index contributed by atoms with van der Waals surface area (Å²) >= 11 is 5.91. The topological polar surface area (TPSA) is 54.2 Å². The standard InChI is InChI=1S/C20H20ClFN4O/c21-17-5-1-15(2-6-17)13-26-14-23-19(24-26)25-11-9-20(27,10-12-25)16-3-7-18(22)8-4-16/h1-8,14,27H,9-13H2. The smallest absolute Gasteiger partial charge is 0.244 e. The van der Waals surface area contributed by atoms with E-state index >= 15 is 0 Å². The van der Waals surface area contributed by atoms with Crippen molar-refractivity contribution in [2.24, 2.45) is 0 Å². The second-order valence-electron chi connectivity index (χ2n) is 6.89. The largest absolute Gasteiger partial charge is 0.385 e. The van der Waals surface area contributed by atoms with Gasteiger partial charge < -0.3 is 10.0 Å². The molecule has 1 fully saturated rings. The minimum absolute atomic E-state index is 0.296. The molecule has 0 aliphatic carbocycles. The first-order valence-electron chi connectivity index (χ1n) is 8.89. The summed E-state index contributed by atoms with van der Waals surface area (Å²) in [6.45, 7) is 1.90. The maximum absolute atomic E-state index is 13.1. The van der Waals surface area contributed by atoms with Crippen LogP contribution in [0.4, 0.5) is 10.3 Å². The van der Waals surface area contributed by atoms with Gasteiger partial charge in [-0.15, -0.1) is 5.10 Å². The Labute approximate surface area is 162 Å². The fourth-order valence-electron chi connectivity index (χ4n) is 3.41. The second-order valence-corrected chi connectivity index (χ2v) is 7.33. The van der Waals surface area contributed by atoms with E-state index in [4.69, 9.17) is 11.6 Å². The zero-order chi connectivity index (χ0) is 18.9. The summed E-state index contributed by atoms with van der Waals surface area (Å²) in [6, 6.07) is 13.7. The molecule has 0 bridgehead atoms. The Morgan fingerprint density at radius 1 is 1.04 bits per heavy atom. The van der Waals surface area contributed by atoms with Gasteiger partial charge in [-0.05, 0) is 48.2 Å². The fourth-order valence-corrected chi connectivity index (χ4v) is 3.53. The molecule has 5 nitrogen and oxygen atoms in total. The van der Waals surface area contributed by atoms with Gasteiger partial charge in [0, 0.05) is 18.1 Å². The molecule has 27 heavy (non-hydrogen) atoms. The number of piperidine rings is 1. The molecule has 0 spiro atoms. The average molecular weight is 387 g/mol. The summed E-state index contributed by atoms with van der Waals surface area (Å²) in [6.07, 6.45) is 2.80. The van der Waals surface area contributed by atoms with Crippen LogP contribution in [-0.2, 0) is 12.1 Å². The highest BCUT2D eigenvalue weighted by Gasteiger charge is 2.34. The van der Waals surface area contributed by atoms with Crippen LogP contribution in [0.25, 0.3) is 0 Å². The Bertz CT molecular complexity index is 902. The van der Waals surface area contributed by atoms with Crippen molar-refractivity contribution in [3.05, 3.63) is 76.8 Å². The first-order chi connectivity index (χ1) is 13.0. The van der Waals surface area contributed by atoms with Gasteiger partial charge >= 0.3 is 0 Å². The van der Waals surface area contributed by atoms with Crippen molar-refractivity contribution in [1.29, 1.82) is 0 Å². The van der Waals surface area contributed by atoms with Crippen molar-refractivity contribution in [3.63, 3.8) is 0 Å². The van der Waals surface area contributed by atoms with Gasteiger partial charge in [0.15, 0.2) is 0 Å². The highest BCUT2D eigenvalue weighted by Crippen LogP contribution is 2.33. The van der Waals surface area contributed by atoms with Crippen LogP contribution in [0, 0.1) is 5.82 Å². The molecule has 0 saturated carbocycles. The van der Waals surface area contributed by atoms with Crippen LogP contribution < -0.4 is 4.90 Å². The maximum atomic E-state index is 13.1. The van der Waals surface area contributed by atoms with Crippen molar-refractivity contribution < 1.29 is 9.50 Å². The summed E-state index contributed by atoms with van der Waals surface area (Å²) in [4.78, 5) is 6.47. The molecule has 4 rings (SSSR count). The number of nitrogens with zero attached hydrogens (tertiary/aromatic N) is 4. The number of hydrogen-bond donors (Lipinski definition) is 1. The third kappa shape index (κ3) is 3.96. The lowest BCUT2D eigenvalue weighted by molar-refractivity contribution is 0.0115. The van der Waals surface area contributed by atoms with Crippen LogP contribution in [0.1, 0.15) is 24.0 Å². The Morgan fingerprint density at radius 3 is 2.37 bits per heavy atom. The minimum Gasteiger partial charge on any atom is -0.385 e. The van der Waals surface area contributed by atoms with E-state index in [9.17, 15) is 9.50 Å². The number of benzene rings is 2. The maximum Gasteiger partial charge on any atom is 0.244 e. The number of aromatic nitrogens is 3. The predicted molar refractivity (Wildman–Crippen MR) is 102 cm³/mol. The van der Waals surface area contributed by atoms with Gasteiger partial charge in [-0.3, -0.25) is 0 Å². The lowest BCUT2D eigenvalue weighted by atomic mass is 9.84. The number of halogens is 2. The van der Waals surface area contributed by atoms with Crippen molar-refractivity contribution in [1.82, 2.24) is 14.8 Å². The molecule has 0 radical (unpaired) electrons. The SMILES string of the molecule is OC1(c2ccc(F)cc2)CCN(c2ncn(Cc3ccc(Cl)cc3)n2)CC1. The van der Waals surface area contributed by atoms with Gasteiger partial charge in [0.05, 0.1) is 12.1 Å². The van der Waals surface area contributed by atoms with Crippen LogP contribution in [0.5, 0.6) is 0 Å². The Balaban J connectivity index is 1.40. The van der Waals surface area contributed by atoms with Crippen LogP contribution >= 0.6 is 11.6 Å². The molecule has 2 aromatic carbocycles. The quantitative estimate of drug-likeness (QED) is 0.744.